The van der Waals surface area contributed by atoms with E-state index in [1.165, 1.54) is 6.33 Å². The Kier molecular flexibility index (Phi) is 4.44. The van der Waals surface area contributed by atoms with Crippen LogP contribution in [0.15, 0.2) is 49.1 Å². The molecule has 1 aliphatic carbocycles. The third-order valence-corrected chi connectivity index (χ3v) is 5.60. The van der Waals surface area contributed by atoms with Gasteiger partial charge < -0.3 is 10.0 Å². The Hall–Kier alpha value is -3.33. The fraction of sp³-hybridized carbons (Fsp3) is 0.350. The summed E-state index contributed by atoms with van der Waals surface area (Å²) >= 11 is 0. The fourth-order valence-corrected chi connectivity index (χ4v) is 4.25. The van der Waals surface area contributed by atoms with Crippen molar-refractivity contribution in [3.63, 3.8) is 0 Å². The van der Waals surface area contributed by atoms with Crippen LogP contribution in [0.3, 0.4) is 0 Å². The van der Waals surface area contributed by atoms with Gasteiger partial charge in [-0.25, -0.2) is 15.0 Å². The minimum Gasteiger partial charge on any atom is -0.393 e. The number of nitrogens with zero attached hydrogens (tertiary/aromatic N) is 6. The van der Waals surface area contributed by atoms with Gasteiger partial charge in [-0.05, 0) is 37.8 Å². The third kappa shape index (κ3) is 3.03. The van der Waals surface area contributed by atoms with Crippen molar-refractivity contribution in [2.75, 3.05) is 9.80 Å². The summed E-state index contributed by atoms with van der Waals surface area (Å²) in [6, 6.07) is 8.87. The normalized spacial score (nSPS) is 24.4. The number of para-hydroxylation sites is 1. The molecule has 2 aromatic heterocycles. The van der Waals surface area contributed by atoms with Crippen LogP contribution in [0.25, 0.3) is 0 Å². The highest BCUT2D eigenvalue weighted by atomic mass is 16.3. The lowest BCUT2D eigenvalue weighted by Crippen LogP contribution is -2.53. The number of aliphatic hydroxyl groups excluding tert-OH is 1. The Morgan fingerprint density at radius 3 is 2.28 bits per heavy atom. The molecule has 1 saturated carbocycles. The molecule has 2 aliphatic rings. The number of amides is 1. The molecule has 0 spiro atoms. The molecule has 1 aliphatic heterocycles. The summed E-state index contributed by atoms with van der Waals surface area (Å²) in [6.45, 7) is 0. The lowest BCUT2D eigenvalue weighted by atomic mass is 9.90. The first-order valence-corrected chi connectivity index (χ1v) is 9.75. The van der Waals surface area contributed by atoms with E-state index in [-0.39, 0.29) is 18.1 Å². The van der Waals surface area contributed by atoms with Crippen molar-refractivity contribution in [2.45, 2.75) is 43.9 Å². The van der Waals surface area contributed by atoms with Crippen LogP contribution in [0.4, 0.5) is 17.3 Å². The van der Waals surface area contributed by atoms with Gasteiger partial charge in [-0.1, -0.05) is 18.2 Å². The maximum Gasteiger partial charge on any atom is 0.259 e. The predicted molar refractivity (Wildman–Crippen MR) is 105 cm³/mol. The number of anilines is 3. The SMILES string of the molecule is O=C1C(c2ncn[nH]2)N(c2ccccc2)c2nccnc2N1C1CCC(O)CC1. The topological polar surface area (TPSA) is 111 Å². The number of aliphatic hydroxyl groups is 1. The van der Waals surface area contributed by atoms with Gasteiger partial charge in [0.1, 0.15) is 6.33 Å². The molecule has 1 unspecified atom stereocenters. The molecule has 1 aromatic carbocycles. The van der Waals surface area contributed by atoms with Gasteiger partial charge in [0.15, 0.2) is 23.5 Å². The Balaban J connectivity index is 1.66. The highest BCUT2D eigenvalue weighted by Crippen LogP contribution is 2.44. The van der Waals surface area contributed by atoms with Crippen molar-refractivity contribution in [3.05, 3.63) is 54.9 Å². The number of aromatic amines is 1. The second-order valence-electron chi connectivity index (χ2n) is 7.35. The Morgan fingerprint density at radius 1 is 0.931 bits per heavy atom. The predicted octanol–water partition coefficient (Wildman–Crippen LogP) is 2.12. The number of hydrogen-bond donors (Lipinski definition) is 2. The number of rotatable bonds is 3. The second kappa shape index (κ2) is 7.25. The summed E-state index contributed by atoms with van der Waals surface area (Å²) in [5, 5.41) is 16.7. The van der Waals surface area contributed by atoms with Gasteiger partial charge in [0, 0.05) is 24.1 Å². The molecule has 29 heavy (non-hydrogen) atoms. The van der Waals surface area contributed by atoms with E-state index in [1.807, 2.05) is 35.2 Å². The molecular weight excluding hydrogens is 370 g/mol. The van der Waals surface area contributed by atoms with Crippen LogP contribution < -0.4 is 9.80 Å². The lowest BCUT2D eigenvalue weighted by molar-refractivity contribution is -0.121. The van der Waals surface area contributed by atoms with Gasteiger partial charge in [-0.3, -0.25) is 14.8 Å². The summed E-state index contributed by atoms with van der Waals surface area (Å²) in [5.74, 6) is 1.47. The largest absolute Gasteiger partial charge is 0.393 e. The van der Waals surface area contributed by atoms with Crippen LogP contribution in [0.1, 0.15) is 37.5 Å². The molecule has 3 heterocycles. The van der Waals surface area contributed by atoms with E-state index in [0.717, 1.165) is 18.5 Å². The summed E-state index contributed by atoms with van der Waals surface area (Å²) in [6.07, 6.45) is 7.10. The number of H-pyrrole nitrogens is 1. The zero-order valence-electron chi connectivity index (χ0n) is 15.7. The van der Waals surface area contributed by atoms with Crippen LogP contribution in [-0.2, 0) is 4.79 Å². The molecule has 9 nitrogen and oxygen atoms in total. The first-order valence-electron chi connectivity index (χ1n) is 9.75. The minimum atomic E-state index is -0.726. The molecule has 1 atom stereocenters. The van der Waals surface area contributed by atoms with Gasteiger partial charge in [-0.2, -0.15) is 5.10 Å². The smallest absolute Gasteiger partial charge is 0.259 e. The molecule has 0 saturated heterocycles. The Morgan fingerprint density at radius 2 is 1.62 bits per heavy atom. The number of carbonyl (C=O) groups excluding carboxylic acids is 1. The molecule has 0 radical (unpaired) electrons. The van der Waals surface area contributed by atoms with Crippen LogP contribution in [0, 0.1) is 0 Å². The molecular formula is C20H21N7O2. The Bertz CT molecular complexity index is 987. The molecule has 1 fully saturated rings. The molecule has 3 aromatic rings. The number of aromatic nitrogens is 5. The molecule has 148 valence electrons. The highest BCUT2D eigenvalue weighted by Gasteiger charge is 2.46. The summed E-state index contributed by atoms with van der Waals surface area (Å²) in [7, 11) is 0. The lowest BCUT2D eigenvalue weighted by Gasteiger charge is -2.44. The van der Waals surface area contributed by atoms with Crippen LogP contribution in [0.2, 0.25) is 0 Å². The van der Waals surface area contributed by atoms with Gasteiger partial charge in [0.05, 0.1) is 6.10 Å². The van der Waals surface area contributed by atoms with Gasteiger partial charge >= 0.3 is 0 Å². The van der Waals surface area contributed by atoms with E-state index in [1.54, 1.807) is 17.3 Å². The summed E-state index contributed by atoms with van der Waals surface area (Å²) < 4.78 is 0. The van der Waals surface area contributed by atoms with Crippen molar-refractivity contribution < 1.29 is 9.90 Å². The maximum absolute atomic E-state index is 13.8. The zero-order valence-corrected chi connectivity index (χ0v) is 15.7. The van der Waals surface area contributed by atoms with E-state index in [9.17, 15) is 9.90 Å². The number of nitrogens with one attached hydrogen (secondary N) is 1. The monoisotopic (exact) mass is 391 g/mol. The van der Waals surface area contributed by atoms with Gasteiger partial charge in [0.25, 0.3) is 5.91 Å². The zero-order chi connectivity index (χ0) is 19.8. The van der Waals surface area contributed by atoms with Crippen molar-refractivity contribution in [2.24, 2.45) is 0 Å². The highest BCUT2D eigenvalue weighted by molar-refractivity contribution is 6.06. The first kappa shape index (κ1) is 17.7. The van der Waals surface area contributed by atoms with E-state index in [0.29, 0.717) is 30.3 Å². The average Bonchev–Trinajstić information content (AvgIpc) is 3.29. The second-order valence-corrected chi connectivity index (χ2v) is 7.35. The fourth-order valence-electron chi connectivity index (χ4n) is 4.25. The van der Waals surface area contributed by atoms with Crippen LogP contribution in [0.5, 0.6) is 0 Å². The van der Waals surface area contributed by atoms with Crippen LogP contribution in [-0.4, -0.2) is 48.3 Å². The van der Waals surface area contributed by atoms with E-state index in [2.05, 4.69) is 25.1 Å². The quantitative estimate of drug-likeness (QED) is 0.703. The van der Waals surface area contributed by atoms with Gasteiger partial charge in [-0.15, -0.1) is 0 Å². The van der Waals surface area contributed by atoms with E-state index < -0.39 is 6.04 Å². The van der Waals surface area contributed by atoms with E-state index in [4.69, 9.17) is 0 Å². The first-order chi connectivity index (χ1) is 14.2. The standard InChI is InChI=1S/C20H21N7O2/c28-15-8-6-14(7-9-15)27-19-18(21-10-11-22-19)26(13-4-2-1-3-5-13)16(20(27)29)17-23-12-24-25-17/h1-5,10-12,14-16,28H,6-9H2,(H,23,24,25). The van der Waals surface area contributed by atoms with Gasteiger partial charge in [0.2, 0.25) is 0 Å². The van der Waals surface area contributed by atoms with Crippen LogP contribution >= 0.6 is 0 Å². The summed E-state index contributed by atoms with van der Waals surface area (Å²) in [4.78, 5) is 30.8. The molecule has 1 amide bonds. The number of benzene rings is 1. The molecule has 2 N–H and O–H groups in total. The number of hydrogen-bond acceptors (Lipinski definition) is 7. The van der Waals surface area contributed by atoms with Crippen molar-refractivity contribution in [1.29, 1.82) is 0 Å². The average molecular weight is 391 g/mol. The molecule has 9 heteroatoms. The van der Waals surface area contributed by atoms with Crippen molar-refractivity contribution in [1.82, 2.24) is 25.1 Å². The molecule has 0 bridgehead atoms. The van der Waals surface area contributed by atoms with Crippen molar-refractivity contribution >= 4 is 23.2 Å². The number of fused-ring (bicyclic) bond motifs is 1. The third-order valence-electron chi connectivity index (χ3n) is 5.60. The number of carbonyl (C=O) groups is 1. The Labute approximate surface area is 167 Å². The maximum atomic E-state index is 13.8. The van der Waals surface area contributed by atoms with Crippen molar-refractivity contribution in [3.8, 4) is 0 Å². The molecule has 5 rings (SSSR count). The van der Waals surface area contributed by atoms with E-state index >= 15 is 0 Å². The minimum absolute atomic E-state index is 0.0373. The summed E-state index contributed by atoms with van der Waals surface area (Å²) in [5.41, 5.74) is 0.822.